The summed E-state index contributed by atoms with van der Waals surface area (Å²) < 4.78 is 56.5. The average molecular weight is 483 g/mol. The minimum absolute atomic E-state index is 0.0156. The Labute approximate surface area is 185 Å². The van der Waals surface area contributed by atoms with E-state index in [1.807, 2.05) is 6.26 Å². The Kier molecular flexibility index (Phi) is 6.30. The zero-order valence-corrected chi connectivity index (χ0v) is 20.0. The third-order valence-electron chi connectivity index (χ3n) is 4.42. The number of hydrogen-bond acceptors (Lipinski definition) is 8. The van der Waals surface area contributed by atoms with Crippen LogP contribution in [0.5, 0.6) is 0 Å². The maximum Gasteiger partial charge on any atom is 0.262 e. The number of benzene rings is 2. The number of aryl methyl sites for hydroxylation is 2. The summed E-state index contributed by atoms with van der Waals surface area (Å²) in [5, 5.41) is 12.0. The van der Waals surface area contributed by atoms with E-state index in [-0.39, 0.29) is 10.6 Å². The maximum atomic E-state index is 13.3. The van der Waals surface area contributed by atoms with Gasteiger partial charge in [-0.15, -0.1) is 5.10 Å². The molecule has 0 saturated carbocycles. The summed E-state index contributed by atoms with van der Waals surface area (Å²) in [5.74, 6) is 0. The first kappa shape index (κ1) is 23.0. The molecular weight excluding hydrogens is 460 g/mol. The zero-order valence-electron chi connectivity index (χ0n) is 17.5. The van der Waals surface area contributed by atoms with Crippen molar-refractivity contribution in [3.05, 3.63) is 47.0 Å². The van der Waals surface area contributed by atoms with Crippen molar-refractivity contribution >= 4 is 43.2 Å². The standard InChI is InChI=1S/C18H22N6O4S3/c1-11-9-12(2)17(13(3)16(11)21-30(5,25)26)31(27,28)20-14-7-6-8-15(10-14)24-18(29-4)19-22-23-24/h6-10,20-21H,1-5H3. The number of aromatic nitrogens is 4. The molecule has 166 valence electrons. The third-order valence-corrected chi connectivity index (χ3v) is 7.29. The predicted octanol–water partition coefficient (Wildman–Crippen LogP) is 2.48. The fourth-order valence-corrected chi connectivity index (χ4v) is 5.94. The van der Waals surface area contributed by atoms with Crippen LogP contribution in [0.15, 0.2) is 40.4 Å². The number of anilines is 2. The van der Waals surface area contributed by atoms with Crippen LogP contribution in [-0.2, 0) is 20.0 Å². The smallest absolute Gasteiger partial charge is 0.262 e. The molecule has 0 bridgehead atoms. The lowest BCUT2D eigenvalue weighted by Crippen LogP contribution is -2.19. The largest absolute Gasteiger partial charge is 0.283 e. The van der Waals surface area contributed by atoms with Gasteiger partial charge in [0.25, 0.3) is 10.0 Å². The van der Waals surface area contributed by atoms with Gasteiger partial charge in [-0.25, -0.2) is 16.8 Å². The second-order valence-corrected chi connectivity index (χ2v) is 11.1. The van der Waals surface area contributed by atoms with Crippen molar-refractivity contribution in [1.29, 1.82) is 0 Å². The van der Waals surface area contributed by atoms with Crippen molar-refractivity contribution in [2.24, 2.45) is 0 Å². The van der Waals surface area contributed by atoms with Gasteiger partial charge in [0, 0.05) is 0 Å². The Morgan fingerprint density at radius 1 is 1.00 bits per heavy atom. The van der Waals surface area contributed by atoms with Gasteiger partial charge in [-0.05, 0) is 72.3 Å². The minimum atomic E-state index is -4.02. The van der Waals surface area contributed by atoms with E-state index in [0.717, 1.165) is 6.26 Å². The molecule has 2 N–H and O–H groups in total. The molecule has 0 aliphatic rings. The number of nitrogens with one attached hydrogen (secondary N) is 2. The lowest BCUT2D eigenvalue weighted by molar-refractivity contribution is 0.599. The van der Waals surface area contributed by atoms with Gasteiger partial charge in [-0.1, -0.05) is 23.9 Å². The first-order valence-electron chi connectivity index (χ1n) is 8.97. The molecule has 0 fully saturated rings. The Hall–Kier alpha value is -2.64. The van der Waals surface area contributed by atoms with Gasteiger partial charge >= 0.3 is 0 Å². The first-order chi connectivity index (χ1) is 14.4. The molecule has 13 heteroatoms. The van der Waals surface area contributed by atoms with Gasteiger partial charge in [0.1, 0.15) is 0 Å². The summed E-state index contributed by atoms with van der Waals surface area (Å²) in [4.78, 5) is 0.0156. The van der Waals surface area contributed by atoms with E-state index >= 15 is 0 Å². The quantitative estimate of drug-likeness (QED) is 0.490. The van der Waals surface area contributed by atoms with Crippen molar-refractivity contribution in [2.75, 3.05) is 22.0 Å². The number of nitrogens with zero attached hydrogens (tertiary/aromatic N) is 4. The van der Waals surface area contributed by atoms with Crippen LogP contribution in [0.25, 0.3) is 5.69 Å². The van der Waals surface area contributed by atoms with Crippen LogP contribution >= 0.6 is 11.8 Å². The molecule has 10 nitrogen and oxygen atoms in total. The zero-order chi connectivity index (χ0) is 23.0. The molecule has 3 rings (SSSR count). The maximum absolute atomic E-state index is 13.3. The van der Waals surface area contributed by atoms with Gasteiger partial charge in [0.2, 0.25) is 15.2 Å². The van der Waals surface area contributed by atoms with Crippen molar-refractivity contribution in [2.45, 2.75) is 30.8 Å². The molecule has 1 heterocycles. The summed E-state index contributed by atoms with van der Waals surface area (Å²) in [6, 6.07) is 8.30. The number of sulfonamides is 2. The Morgan fingerprint density at radius 3 is 2.35 bits per heavy atom. The van der Waals surface area contributed by atoms with E-state index in [2.05, 4.69) is 25.0 Å². The monoisotopic (exact) mass is 482 g/mol. The molecule has 0 saturated heterocycles. The molecule has 0 spiro atoms. The molecule has 3 aromatic rings. The topological polar surface area (TPSA) is 136 Å². The fraction of sp³-hybridized carbons (Fsp3) is 0.278. The van der Waals surface area contributed by atoms with E-state index < -0.39 is 20.0 Å². The van der Waals surface area contributed by atoms with Crippen LogP contribution in [0, 0.1) is 20.8 Å². The molecule has 0 aliphatic heterocycles. The van der Waals surface area contributed by atoms with Gasteiger partial charge in [0.15, 0.2) is 0 Å². The van der Waals surface area contributed by atoms with E-state index in [4.69, 9.17) is 0 Å². The van der Waals surface area contributed by atoms with Crippen molar-refractivity contribution in [1.82, 2.24) is 20.2 Å². The molecule has 1 aromatic heterocycles. The van der Waals surface area contributed by atoms with Gasteiger partial charge in [-0.2, -0.15) is 4.68 Å². The van der Waals surface area contributed by atoms with Crippen LogP contribution in [0.4, 0.5) is 11.4 Å². The predicted molar refractivity (Wildman–Crippen MR) is 121 cm³/mol. The number of hydrogen-bond donors (Lipinski definition) is 2. The summed E-state index contributed by atoms with van der Waals surface area (Å²) in [6.07, 6.45) is 2.85. The number of thioether (sulfide) groups is 1. The lowest BCUT2D eigenvalue weighted by atomic mass is 10.1. The molecule has 0 unspecified atom stereocenters. The van der Waals surface area contributed by atoms with Crippen LogP contribution in [0.1, 0.15) is 16.7 Å². The van der Waals surface area contributed by atoms with Crippen molar-refractivity contribution in [3.63, 3.8) is 0 Å². The Balaban J connectivity index is 2.04. The average Bonchev–Trinajstić information content (AvgIpc) is 3.12. The van der Waals surface area contributed by atoms with Crippen molar-refractivity contribution in [3.8, 4) is 5.69 Å². The Bertz CT molecular complexity index is 1350. The third kappa shape index (κ3) is 4.99. The van der Waals surface area contributed by atoms with E-state index in [0.29, 0.717) is 33.2 Å². The second kappa shape index (κ2) is 8.48. The summed E-state index contributed by atoms with van der Waals surface area (Å²) in [7, 11) is -7.60. The molecule has 0 radical (unpaired) electrons. The molecule has 31 heavy (non-hydrogen) atoms. The van der Waals surface area contributed by atoms with Gasteiger partial charge < -0.3 is 0 Å². The molecular formula is C18H22N6O4S3. The van der Waals surface area contributed by atoms with E-state index in [1.54, 1.807) is 51.1 Å². The number of tetrazole rings is 1. The van der Waals surface area contributed by atoms with Crippen molar-refractivity contribution < 1.29 is 16.8 Å². The minimum Gasteiger partial charge on any atom is -0.283 e. The van der Waals surface area contributed by atoms with Crippen LogP contribution < -0.4 is 9.44 Å². The highest BCUT2D eigenvalue weighted by molar-refractivity contribution is 7.98. The lowest BCUT2D eigenvalue weighted by Gasteiger charge is -2.19. The van der Waals surface area contributed by atoms with E-state index in [1.165, 1.54) is 16.4 Å². The summed E-state index contributed by atoms with van der Waals surface area (Å²) in [5.41, 5.74) is 2.60. The van der Waals surface area contributed by atoms with Crippen LogP contribution in [-0.4, -0.2) is 49.6 Å². The Morgan fingerprint density at radius 2 is 1.71 bits per heavy atom. The van der Waals surface area contributed by atoms with Gasteiger partial charge in [-0.3, -0.25) is 9.44 Å². The fourth-order valence-electron chi connectivity index (χ4n) is 3.30. The van der Waals surface area contributed by atoms with Gasteiger partial charge in [0.05, 0.1) is 28.2 Å². The van der Waals surface area contributed by atoms with Crippen LogP contribution in [0.2, 0.25) is 0 Å². The van der Waals surface area contributed by atoms with E-state index in [9.17, 15) is 16.8 Å². The molecule has 0 aliphatic carbocycles. The normalized spacial score (nSPS) is 12.0. The molecule has 2 aromatic carbocycles. The van der Waals surface area contributed by atoms with Crippen LogP contribution in [0.3, 0.4) is 0 Å². The number of rotatable bonds is 7. The highest BCUT2D eigenvalue weighted by Gasteiger charge is 2.24. The summed E-state index contributed by atoms with van der Waals surface area (Å²) >= 11 is 1.36. The first-order valence-corrected chi connectivity index (χ1v) is 13.6. The molecule has 0 atom stereocenters. The highest BCUT2D eigenvalue weighted by atomic mass is 32.2. The SMILES string of the molecule is CSc1nnnn1-c1cccc(NS(=O)(=O)c2c(C)cc(C)c(NS(C)(=O)=O)c2C)c1. The summed E-state index contributed by atoms with van der Waals surface area (Å²) in [6.45, 7) is 4.96. The highest BCUT2D eigenvalue weighted by Crippen LogP contribution is 2.32. The molecule has 0 amide bonds. The second-order valence-electron chi connectivity index (χ2n) is 6.95.